The minimum atomic E-state index is -0.350. The molecule has 17 heteroatoms. The van der Waals surface area contributed by atoms with Crippen LogP contribution in [0.25, 0.3) is 22.3 Å². The lowest BCUT2D eigenvalue weighted by Gasteiger charge is -2.39. The first-order chi connectivity index (χ1) is 29.9. The van der Waals surface area contributed by atoms with Crippen molar-refractivity contribution in [2.75, 3.05) is 85.0 Å². The van der Waals surface area contributed by atoms with Crippen molar-refractivity contribution in [1.29, 1.82) is 0 Å². The van der Waals surface area contributed by atoms with E-state index in [0.29, 0.717) is 30.6 Å². The van der Waals surface area contributed by atoms with Crippen LogP contribution in [0.15, 0.2) is 59.5 Å². The Kier molecular flexibility index (Phi) is 11.5. The van der Waals surface area contributed by atoms with Gasteiger partial charge in [-0.25, -0.2) is 19.7 Å². The van der Waals surface area contributed by atoms with Gasteiger partial charge in [-0.05, 0) is 86.9 Å². The van der Waals surface area contributed by atoms with Gasteiger partial charge in [-0.3, -0.25) is 24.7 Å². The SMILES string of the molecule is CC(NC(=O)c1nc(C(C)(C)C)no1)C1CCN(c2ncnc3[nH]c(-c4ccc(N5CCN(CC6CCN(c7ccc(N8CCC(=O)NC8=O)cc7)CC6)CC5)nc4)cc23)CC1. The third-order valence-corrected chi connectivity index (χ3v) is 13.1. The molecule has 0 bridgehead atoms. The molecule has 4 aliphatic heterocycles. The van der Waals surface area contributed by atoms with Crippen LogP contribution in [0.4, 0.5) is 27.8 Å². The number of nitrogens with one attached hydrogen (secondary N) is 3. The van der Waals surface area contributed by atoms with Crippen LogP contribution in [0.2, 0.25) is 0 Å². The molecule has 1 unspecified atom stereocenters. The fraction of sp³-hybridized carbons (Fsp3) is 0.511. The molecule has 4 fully saturated rings. The van der Waals surface area contributed by atoms with E-state index in [0.717, 1.165) is 124 Å². The van der Waals surface area contributed by atoms with Crippen LogP contribution in [-0.4, -0.2) is 124 Å². The summed E-state index contributed by atoms with van der Waals surface area (Å²) in [4.78, 5) is 70.1. The lowest BCUT2D eigenvalue weighted by atomic mass is 9.90. The van der Waals surface area contributed by atoms with Crippen molar-refractivity contribution in [2.24, 2.45) is 11.8 Å². The number of hydrogen-bond acceptors (Lipinski definition) is 13. The third kappa shape index (κ3) is 8.94. The number of fused-ring (bicyclic) bond motifs is 1. The molecule has 1 atom stereocenters. The van der Waals surface area contributed by atoms with Crippen molar-refractivity contribution in [3.63, 3.8) is 0 Å². The zero-order valence-electron chi connectivity index (χ0n) is 36.1. The number of H-pyrrole nitrogens is 1. The number of nitrogens with zero attached hydrogens (tertiary/aromatic N) is 10. The minimum Gasteiger partial charge on any atom is -0.372 e. The van der Waals surface area contributed by atoms with E-state index < -0.39 is 0 Å². The van der Waals surface area contributed by atoms with E-state index in [1.54, 1.807) is 11.2 Å². The molecular formula is C45H57N13O4. The second kappa shape index (κ2) is 17.3. The summed E-state index contributed by atoms with van der Waals surface area (Å²) < 4.78 is 5.26. The fourth-order valence-electron chi connectivity index (χ4n) is 9.24. The number of piperazine rings is 1. The molecule has 3 N–H and O–H groups in total. The number of pyridine rings is 1. The molecule has 0 aliphatic carbocycles. The van der Waals surface area contributed by atoms with Crippen LogP contribution in [0.1, 0.15) is 76.3 Å². The lowest BCUT2D eigenvalue weighted by molar-refractivity contribution is -0.120. The second-order valence-corrected chi connectivity index (χ2v) is 18.3. The molecule has 17 nitrogen and oxygen atoms in total. The van der Waals surface area contributed by atoms with E-state index in [2.05, 4.69) is 80.7 Å². The van der Waals surface area contributed by atoms with Gasteiger partial charge in [0.05, 0.1) is 5.39 Å². The second-order valence-electron chi connectivity index (χ2n) is 18.3. The molecule has 4 amide bonds. The van der Waals surface area contributed by atoms with Crippen LogP contribution in [-0.2, 0) is 10.2 Å². The number of carbonyl (C=O) groups excluding carboxylic acids is 3. The number of urea groups is 1. The van der Waals surface area contributed by atoms with Gasteiger partial charge < -0.3 is 29.5 Å². The number of aromatic nitrogens is 6. The first-order valence-electron chi connectivity index (χ1n) is 22.1. The zero-order valence-corrected chi connectivity index (χ0v) is 36.1. The molecule has 9 rings (SSSR count). The predicted octanol–water partition coefficient (Wildman–Crippen LogP) is 5.22. The molecule has 5 aromatic rings. The molecule has 4 aromatic heterocycles. The van der Waals surface area contributed by atoms with Gasteiger partial charge in [-0.1, -0.05) is 25.9 Å². The highest BCUT2D eigenvalue weighted by molar-refractivity contribution is 6.05. The summed E-state index contributed by atoms with van der Waals surface area (Å²) in [5, 5.41) is 10.5. The predicted molar refractivity (Wildman–Crippen MR) is 238 cm³/mol. The summed E-state index contributed by atoms with van der Waals surface area (Å²) in [6.45, 7) is 17.2. The van der Waals surface area contributed by atoms with Gasteiger partial charge in [-0.15, -0.1) is 0 Å². The fourth-order valence-corrected chi connectivity index (χ4v) is 9.24. The van der Waals surface area contributed by atoms with E-state index in [1.807, 2.05) is 46.0 Å². The molecule has 8 heterocycles. The van der Waals surface area contributed by atoms with Crippen LogP contribution in [0.5, 0.6) is 0 Å². The van der Waals surface area contributed by atoms with Crippen molar-refractivity contribution in [2.45, 2.75) is 71.3 Å². The minimum absolute atomic E-state index is 0.00397. The number of piperidine rings is 2. The van der Waals surface area contributed by atoms with Crippen molar-refractivity contribution >= 4 is 51.9 Å². The zero-order chi connectivity index (χ0) is 43.0. The highest BCUT2D eigenvalue weighted by Crippen LogP contribution is 2.33. The van der Waals surface area contributed by atoms with Gasteiger partial charge in [0.25, 0.3) is 0 Å². The standard InChI is InChI=1S/C45H57N13O4/c1-29(49-41(60)42-52-43(53-62-42)45(2,3)4)31-13-18-57(19-14-31)40-35-25-36(50-39(35)47-28-48-40)32-5-10-37(46-26-32)56-23-21-54(22-24-56)27-30-11-16-55(17-12-30)33-6-8-34(9-7-33)58-20-15-38(59)51-44(58)61/h5-10,25-26,28-31H,11-24,27H2,1-4H3,(H,49,60)(H,47,48,50)(H,51,59,61). The monoisotopic (exact) mass is 843 g/mol. The smallest absolute Gasteiger partial charge is 0.328 e. The van der Waals surface area contributed by atoms with Crippen LogP contribution < -0.4 is 30.2 Å². The van der Waals surface area contributed by atoms with Gasteiger partial charge in [0, 0.05) is 112 Å². The Morgan fingerprint density at radius 1 is 0.855 bits per heavy atom. The average molecular weight is 844 g/mol. The van der Waals surface area contributed by atoms with Crippen molar-refractivity contribution in [3.05, 3.63) is 66.7 Å². The molecule has 1 aromatic carbocycles. The molecule has 326 valence electrons. The van der Waals surface area contributed by atoms with Crippen LogP contribution >= 0.6 is 0 Å². The van der Waals surface area contributed by atoms with Gasteiger partial charge in [0.15, 0.2) is 5.82 Å². The summed E-state index contributed by atoms with van der Waals surface area (Å²) in [7, 11) is 0. The number of amides is 4. The van der Waals surface area contributed by atoms with E-state index in [-0.39, 0.29) is 35.2 Å². The molecular weight excluding hydrogens is 787 g/mol. The van der Waals surface area contributed by atoms with E-state index in [1.165, 1.54) is 5.69 Å². The van der Waals surface area contributed by atoms with Crippen molar-refractivity contribution < 1.29 is 18.9 Å². The first kappa shape index (κ1) is 41.3. The number of rotatable bonds is 10. The Bertz CT molecular complexity index is 2370. The van der Waals surface area contributed by atoms with E-state index >= 15 is 0 Å². The summed E-state index contributed by atoms with van der Waals surface area (Å²) in [6, 6.07) is 14.1. The Labute approximate surface area is 361 Å². The van der Waals surface area contributed by atoms with Gasteiger partial charge in [0.1, 0.15) is 23.6 Å². The molecule has 62 heavy (non-hydrogen) atoms. The number of carbonyl (C=O) groups is 3. The van der Waals surface area contributed by atoms with Crippen LogP contribution in [0, 0.1) is 11.8 Å². The number of hydrogen-bond donors (Lipinski definition) is 3. The Morgan fingerprint density at radius 3 is 2.26 bits per heavy atom. The molecule has 0 saturated carbocycles. The number of imide groups is 1. The van der Waals surface area contributed by atoms with Crippen molar-refractivity contribution in [3.8, 4) is 11.3 Å². The molecule has 4 aliphatic rings. The van der Waals surface area contributed by atoms with Gasteiger partial charge in [-0.2, -0.15) is 4.98 Å². The Morgan fingerprint density at radius 2 is 1.58 bits per heavy atom. The number of anilines is 4. The maximum absolute atomic E-state index is 12.9. The van der Waals surface area contributed by atoms with Gasteiger partial charge >= 0.3 is 17.8 Å². The Hall–Kier alpha value is -6.10. The number of aromatic amines is 1. The maximum Gasteiger partial charge on any atom is 0.328 e. The van der Waals surface area contributed by atoms with E-state index in [4.69, 9.17) is 14.5 Å². The summed E-state index contributed by atoms with van der Waals surface area (Å²) >= 11 is 0. The molecule has 4 saturated heterocycles. The van der Waals surface area contributed by atoms with E-state index in [9.17, 15) is 14.4 Å². The average Bonchev–Trinajstić information content (AvgIpc) is 3.97. The quantitative estimate of drug-likeness (QED) is 0.167. The summed E-state index contributed by atoms with van der Waals surface area (Å²) in [5.41, 5.74) is 4.46. The van der Waals surface area contributed by atoms with Gasteiger partial charge in [0.2, 0.25) is 5.91 Å². The highest BCUT2D eigenvalue weighted by Gasteiger charge is 2.31. The van der Waals surface area contributed by atoms with Crippen molar-refractivity contribution in [1.82, 2.24) is 45.6 Å². The first-order valence-corrected chi connectivity index (χ1v) is 22.1. The largest absolute Gasteiger partial charge is 0.372 e. The molecule has 0 spiro atoms. The highest BCUT2D eigenvalue weighted by atomic mass is 16.5. The maximum atomic E-state index is 12.9. The summed E-state index contributed by atoms with van der Waals surface area (Å²) in [6.07, 6.45) is 8.03. The normalized spacial score (nSPS) is 19.3. The van der Waals surface area contributed by atoms with Crippen LogP contribution in [0.3, 0.4) is 0 Å². The Balaban J connectivity index is 0.731. The lowest BCUT2D eigenvalue weighted by Crippen LogP contribution is -2.49. The third-order valence-electron chi connectivity index (χ3n) is 13.1. The summed E-state index contributed by atoms with van der Waals surface area (Å²) in [5.74, 6) is 2.86. The molecule has 0 radical (unpaired) electrons. The number of benzene rings is 1. The topological polar surface area (TPSA) is 185 Å².